The summed E-state index contributed by atoms with van der Waals surface area (Å²) in [7, 11) is 0. The van der Waals surface area contributed by atoms with Crippen LogP contribution in [-0.4, -0.2) is 6.61 Å². The summed E-state index contributed by atoms with van der Waals surface area (Å²) in [5.41, 5.74) is 1.52. The lowest BCUT2D eigenvalue weighted by molar-refractivity contribution is 0.321. The Hall–Kier alpha value is -2.18. The zero-order valence-corrected chi connectivity index (χ0v) is 12.1. The Morgan fingerprint density at radius 2 is 1.95 bits per heavy atom. The van der Waals surface area contributed by atoms with E-state index in [9.17, 15) is 0 Å². The lowest BCUT2D eigenvalue weighted by Crippen LogP contribution is -1.95. The van der Waals surface area contributed by atoms with Crippen LogP contribution in [-0.2, 0) is 0 Å². The van der Waals surface area contributed by atoms with Crippen molar-refractivity contribution in [3.8, 4) is 23.3 Å². The number of rotatable bonds is 4. The molecule has 0 aliphatic heterocycles. The van der Waals surface area contributed by atoms with E-state index in [0.29, 0.717) is 34.4 Å². The maximum atomic E-state index is 8.85. The highest BCUT2D eigenvalue weighted by molar-refractivity contribution is 6.31. The summed E-state index contributed by atoms with van der Waals surface area (Å²) in [5, 5.41) is 9.22. The van der Waals surface area contributed by atoms with Crippen molar-refractivity contribution in [1.29, 1.82) is 5.26 Å². The van der Waals surface area contributed by atoms with Crippen molar-refractivity contribution in [3.63, 3.8) is 0 Å². The predicted molar refractivity (Wildman–Crippen MR) is 78.6 cm³/mol. The fourth-order valence-corrected chi connectivity index (χ4v) is 1.96. The van der Waals surface area contributed by atoms with E-state index in [1.807, 2.05) is 38.1 Å². The normalized spacial score (nSPS) is 9.90. The molecular formula is C16H14ClNO2. The van der Waals surface area contributed by atoms with Crippen LogP contribution in [0.25, 0.3) is 0 Å². The number of aryl methyl sites for hydroxylation is 1. The van der Waals surface area contributed by atoms with Gasteiger partial charge in [-0.05, 0) is 43.7 Å². The monoisotopic (exact) mass is 287 g/mol. The fraction of sp³-hybridized carbons (Fsp3) is 0.188. The Bertz CT molecular complexity index is 662. The van der Waals surface area contributed by atoms with Gasteiger partial charge in [-0.3, -0.25) is 0 Å². The predicted octanol–water partition coefficient (Wildman–Crippen LogP) is 4.71. The maximum Gasteiger partial charge on any atom is 0.169 e. The van der Waals surface area contributed by atoms with Crippen molar-refractivity contribution in [2.75, 3.05) is 6.61 Å². The van der Waals surface area contributed by atoms with Crippen LogP contribution in [0.2, 0.25) is 5.02 Å². The zero-order chi connectivity index (χ0) is 14.5. The Labute approximate surface area is 123 Å². The second-order valence-corrected chi connectivity index (χ2v) is 4.65. The summed E-state index contributed by atoms with van der Waals surface area (Å²) < 4.78 is 11.3. The maximum absolute atomic E-state index is 8.85. The van der Waals surface area contributed by atoms with Gasteiger partial charge in [0.05, 0.1) is 17.2 Å². The van der Waals surface area contributed by atoms with E-state index >= 15 is 0 Å². The molecule has 0 saturated heterocycles. The summed E-state index contributed by atoms with van der Waals surface area (Å²) >= 11 is 5.99. The Kier molecular flexibility index (Phi) is 4.49. The Morgan fingerprint density at radius 3 is 2.60 bits per heavy atom. The minimum Gasteiger partial charge on any atom is -0.490 e. The molecule has 2 aromatic carbocycles. The highest BCUT2D eigenvalue weighted by atomic mass is 35.5. The van der Waals surface area contributed by atoms with E-state index < -0.39 is 0 Å². The van der Waals surface area contributed by atoms with Gasteiger partial charge in [-0.25, -0.2) is 0 Å². The van der Waals surface area contributed by atoms with Gasteiger partial charge < -0.3 is 9.47 Å². The Morgan fingerprint density at radius 1 is 1.15 bits per heavy atom. The van der Waals surface area contributed by atoms with Gasteiger partial charge in [-0.1, -0.05) is 17.7 Å². The van der Waals surface area contributed by atoms with E-state index in [0.717, 1.165) is 5.56 Å². The molecule has 20 heavy (non-hydrogen) atoms. The third kappa shape index (κ3) is 3.23. The molecule has 0 aromatic heterocycles. The van der Waals surface area contributed by atoms with Gasteiger partial charge in [0.25, 0.3) is 0 Å². The van der Waals surface area contributed by atoms with E-state index in [1.165, 1.54) is 0 Å². The van der Waals surface area contributed by atoms with Crippen molar-refractivity contribution in [2.24, 2.45) is 0 Å². The first-order valence-electron chi connectivity index (χ1n) is 6.25. The fourth-order valence-electron chi connectivity index (χ4n) is 1.74. The molecule has 0 saturated carbocycles. The largest absolute Gasteiger partial charge is 0.490 e. The minimum atomic E-state index is 0.370. The average molecular weight is 288 g/mol. The second kappa shape index (κ2) is 6.31. The molecule has 0 atom stereocenters. The second-order valence-electron chi connectivity index (χ2n) is 4.24. The molecule has 102 valence electrons. The molecule has 0 unspecified atom stereocenters. The van der Waals surface area contributed by atoms with E-state index in [4.69, 9.17) is 26.3 Å². The van der Waals surface area contributed by atoms with Gasteiger partial charge in [0.1, 0.15) is 11.8 Å². The van der Waals surface area contributed by atoms with Gasteiger partial charge in [-0.2, -0.15) is 5.26 Å². The molecule has 0 amide bonds. The van der Waals surface area contributed by atoms with Gasteiger partial charge in [0, 0.05) is 6.07 Å². The molecular weight excluding hydrogens is 274 g/mol. The molecule has 0 aliphatic carbocycles. The molecule has 4 heteroatoms. The molecule has 0 spiro atoms. The highest BCUT2D eigenvalue weighted by Crippen LogP contribution is 2.33. The minimum absolute atomic E-state index is 0.370. The van der Waals surface area contributed by atoms with E-state index in [2.05, 4.69) is 0 Å². The molecule has 0 N–H and O–H groups in total. The lowest BCUT2D eigenvalue weighted by atomic mass is 10.2. The molecule has 2 rings (SSSR count). The van der Waals surface area contributed by atoms with Crippen LogP contribution in [0, 0.1) is 18.3 Å². The summed E-state index contributed by atoms with van der Waals surface area (Å²) in [6.45, 7) is 4.48. The number of ether oxygens (including phenoxy) is 2. The zero-order valence-electron chi connectivity index (χ0n) is 11.3. The SMILES string of the molecule is CCOc1cc(C)ccc1Oc1ccc(C#N)c(Cl)c1. The van der Waals surface area contributed by atoms with Crippen LogP contribution >= 0.6 is 11.6 Å². The third-order valence-corrected chi connectivity index (χ3v) is 3.00. The molecule has 0 bridgehead atoms. The summed E-state index contributed by atoms with van der Waals surface area (Å²) in [4.78, 5) is 0. The number of nitriles is 1. The highest BCUT2D eigenvalue weighted by Gasteiger charge is 2.08. The van der Waals surface area contributed by atoms with Crippen LogP contribution in [0.5, 0.6) is 17.2 Å². The Balaban J connectivity index is 2.30. The van der Waals surface area contributed by atoms with Crippen LogP contribution < -0.4 is 9.47 Å². The average Bonchev–Trinajstić information content (AvgIpc) is 2.42. The van der Waals surface area contributed by atoms with Gasteiger partial charge in [0.15, 0.2) is 11.5 Å². The molecule has 0 radical (unpaired) electrons. The first-order valence-corrected chi connectivity index (χ1v) is 6.62. The van der Waals surface area contributed by atoms with Crippen molar-refractivity contribution >= 4 is 11.6 Å². The van der Waals surface area contributed by atoms with Crippen molar-refractivity contribution in [3.05, 3.63) is 52.5 Å². The van der Waals surface area contributed by atoms with Gasteiger partial charge in [0.2, 0.25) is 0 Å². The van der Waals surface area contributed by atoms with E-state index in [-0.39, 0.29) is 0 Å². The number of nitrogens with zero attached hydrogens (tertiary/aromatic N) is 1. The van der Waals surface area contributed by atoms with Crippen LogP contribution in [0.3, 0.4) is 0 Å². The summed E-state index contributed by atoms with van der Waals surface area (Å²) in [5.74, 6) is 1.88. The lowest BCUT2D eigenvalue weighted by Gasteiger charge is -2.12. The van der Waals surface area contributed by atoms with Crippen molar-refractivity contribution < 1.29 is 9.47 Å². The third-order valence-electron chi connectivity index (χ3n) is 2.69. The standard InChI is InChI=1S/C16H14ClNO2/c1-3-19-16-8-11(2)4-7-15(16)20-13-6-5-12(10-18)14(17)9-13/h4-9H,3H2,1-2H3. The van der Waals surface area contributed by atoms with Crippen LogP contribution in [0.15, 0.2) is 36.4 Å². The molecule has 3 nitrogen and oxygen atoms in total. The number of benzene rings is 2. The van der Waals surface area contributed by atoms with Crippen molar-refractivity contribution in [2.45, 2.75) is 13.8 Å². The molecule has 0 heterocycles. The quantitative estimate of drug-likeness (QED) is 0.818. The first kappa shape index (κ1) is 14.2. The summed E-state index contributed by atoms with van der Waals surface area (Å²) in [6, 6.07) is 12.7. The van der Waals surface area contributed by atoms with Gasteiger partial charge >= 0.3 is 0 Å². The van der Waals surface area contributed by atoms with Crippen LogP contribution in [0.1, 0.15) is 18.1 Å². The van der Waals surface area contributed by atoms with Gasteiger partial charge in [-0.15, -0.1) is 0 Å². The molecule has 2 aromatic rings. The number of halogens is 1. The smallest absolute Gasteiger partial charge is 0.169 e. The van der Waals surface area contributed by atoms with E-state index in [1.54, 1.807) is 18.2 Å². The first-order chi connectivity index (χ1) is 9.63. The topological polar surface area (TPSA) is 42.2 Å². The summed E-state index contributed by atoms with van der Waals surface area (Å²) in [6.07, 6.45) is 0. The van der Waals surface area contributed by atoms with Crippen LogP contribution in [0.4, 0.5) is 0 Å². The number of hydrogen-bond donors (Lipinski definition) is 0. The molecule has 0 aliphatic rings. The number of hydrogen-bond acceptors (Lipinski definition) is 3. The molecule has 0 fully saturated rings. The van der Waals surface area contributed by atoms with Crippen molar-refractivity contribution in [1.82, 2.24) is 0 Å².